The fourth-order valence-electron chi connectivity index (χ4n) is 3.40. The van der Waals surface area contributed by atoms with Gasteiger partial charge < -0.3 is 24.6 Å². The van der Waals surface area contributed by atoms with Crippen molar-refractivity contribution in [3.63, 3.8) is 0 Å². The molecule has 3 rings (SSSR count). The third-order valence-corrected chi connectivity index (χ3v) is 4.68. The van der Waals surface area contributed by atoms with Crippen molar-refractivity contribution in [2.24, 2.45) is 0 Å². The van der Waals surface area contributed by atoms with Crippen LogP contribution in [0.4, 0.5) is 4.79 Å². The van der Waals surface area contributed by atoms with Crippen LogP contribution in [0.3, 0.4) is 0 Å². The highest BCUT2D eigenvalue weighted by Gasteiger charge is 2.28. The average Bonchev–Trinajstić information content (AvgIpc) is 2.57. The summed E-state index contributed by atoms with van der Waals surface area (Å²) in [6.07, 6.45) is 4.47. The lowest BCUT2D eigenvalue weighted by molar-refractivity contribution is 0.0388. The molecule has 2 amide bonds. The summed E-state index contributed by atoms with van der Waals surface area (Å²) < 4.78 is 10.8. The quantitative estimate of drug-likeness (QED) is 0.814. The molecule has 120 valence electrons. The van der Waals surface area contributed by atoms with Gasteiger partial charge in [0.2, 0.25) is 0 Å². The van der Waals surface area contributed by atoms with Crippen LogP contribution in [0.1, 0.15) is 25.7 Å². The minimum Gasteiger partial charge on any atom is -0.380 e. The fourth-order valence-corrected chi connectivity index (χ4v) is 3.40. The maximum absolute atomic E-state index is 12.4. The summed E-state index contributed by atoms with van der Waals surface area (Å²) in [6, 6.07) is 1.23. The second-order valence-corrected chi connectivity index (χ2v) is 6.22. The van der Waals surface area contributed by atoms with E-state index in [2.05, 4.69) is 5.32 Å². The third-order valence-electron chi connectivity index (χ3n) is 4.68. The number of nitrogens with one attached hydrogen (secondary N) is 1. The van der Waals surface area contributed by atoms with Crippen LogP contribution in [0.15, 0.2) is 0 Å². The van der Waals surface area contributed by atoms with Crippen molar-refractivity contribution in [3.05, 3.63) is 0 Å². The Morgan fingerprint density at radius 3 is 2.24 bits per heavy atom. The molecule has 3 saturated heterocycles. The number of urea groups is 1. The van der Waals surface area contributed by atoms with Gasteiger partial charge in [0, 0.05) is 44.9 Å². The normalized spacial score (nSPS) is 28.7. The highest BCUT2D eigenvalue weighted by Crippen LogP contribution is 2.16. The zero-order valence-corrected chi connectivity index (χ0v) is 12.8. The van der Waals surface area contributed by atoms with E-state index < -0.39 is 0 Å². The molecule has 0 aromatic heterocycles. The van der Waals surface area contributed by atoms with Gasteiger partial charge in [-0.1, -0.05) is 0 Å². The molecule has 0 bridgehead atoms. The molecule has 0 aliphatic carbocycles. The van der Waals surface area contributed by atoms with E-state index in [9.17, 15) is 4.79 Å². The molecule has 3 heterocycles. The molecule has 0 radical (unpaired) electrons. The lowest BCUT2D eigenvalue weighted by Crippen LogP contribution is -2.53. The molecule has 3 aliphatic rings. The Labute approximate surface area is 126 Å². The topological polar surface area (TPSA) is 54.0 Å². The molecule has 0 aromatic carbocycles. The smallest absolute Gasteiger partial charge is 0.320 e. The zero-order valence-electron chi connectivity index (χ0n) is 12.8. The number of likely N-dealkylation sites (tertiary alicyclic amines) is 1. The van der Waals surface area contributed by atoms with Crippen molar-refractivity contribution in [1.82, 2.24) is 15.1 Å². The molecule has 6 heteroatoms. The van der Waals surface area contributed by atoms with Gasteiger partial charge in [0.1, 0.15) is 0 Å². The van der Waals surface area contributed by atoms with Crippen molar-refractivity contribution in [2.75, 3.05) is 52.6 Å². The second kappa shape index (κ2) is 7.42. The number of nitrogens with zero attached hydrogens (tertiary/aromatic N) is 2. The van der Waals surface area contributed by atoms with E-state index >= 15 is 0 Å². The molecule has 3 aliphatic heterocycles. The summed E-state index contributed by atoms with van der Waals surface area (Å²) >= 11 is 0. The first kappa shape index (κ1) is 15.1. The van der Waals surface area contributed by atoms with Crippen LogP contribution in [0.2, 0.25) is 0 Å². The summed E-state index contributed by atoms with van der Waals surface area (Å²) in [6.45, 7) is 6.28. The zero-order chi connectivity index (χ0) is 14.5. The summed E-state index contributed by atoms with van der Waals surface area (Å²) in [5.74, 6) is 0. The Bertz CT molecular complexity index is 333. The van der Waals surface area contributed by atoms with Crippen LogP contribution in [0.5, 0.6) is 0 Å². The SMILES string of the molecule is O=C(N1CCOCC1)N1CCC(NC2CCCOC2)CC1. The van der Waals surface area contributed by atoms with E-state index in [0.29, 0.717) is 25.3 Å². The van der Waals surface area contributed by atoms with E-state index in [-0.39, 0.29) is 6.03 Å². The number of carbonyl (C=O) groups excluding carboxylic acids is 1. The Kier molecular flexibility index (Phi) is 5.32. The lowest BCUT2D eigenvalue weighted by Gasteiger charge is -2.38. The van der Waals surface area contributed by atoms with Gasteiger partial charge in [0.15, 0.2) is 0 Å². The predicted octanol–water partition coefficient (Wildman–Crippen LogP) is 0.672. The first-order chi connectivity index (χ1) is 10.3. The van der Waals surface area contributed by atoms with Gasteiger partial charge in [0.05, 0.1) is 19.8 Å². The minimum absolute atomic E-state index is 0.192. The number of hydrogen-bond donors (Lipinski definition) is 1. The van der Waals surface area contributed by atoms with Crippen LogP contribution in [0, 0.1) is 0 Å². The predicted molar refractivity (Wildman–Crippen MR) is 79.4 cm³/mol. The molecule has 1 atom stereocenters. The summed E-state index contributed by atoms with van der Waals surface area (Å²) in [5.41, 5.74) is 0. The molecule has 0 aromatic rings. The van der Waals surface area contributed by atoms with E-state index in [4.69, 9.17) is 9.47 Å². The number of hydrogen-bond acceptors (Lipinski definition) is 4. The molecule has 3 fully saturated rings. The van der Waals surface area contributed by atoms with Crippen LogP contribution in [-0.2, 0) is 9.47 Å². The van der Waals surface area contributed by atoms with Crippen molar-refractivity contribution in [1.29, 1.82) is 0 Å². The van der Waals surface area contributed by atoms with E-state index in [0.717, 1.165) is 58.7 Å². The number of ether oxygens (including phenoxy) is 2. The average molecular weight is 297 g/mol. The maximum atomic E-state index is 12.4. The van der Waals surface area contributed by atoms with Gasteiger partial charge >= 0.3 is 6.03 Å². The van der Waals surface area contributed by atoms with E-state index in [1.54, 1.807) is 0 Å². The van der Waals surface area contributed by atoms with Crippen LogP contribution < -0.4 is 5.32 Å². The highest BCUT2D eigenvalue weighted by atomic mass is 16.5. The van der Waals surface area contributed by atoms with Crippen molar-refractivity contribution in [3.8, 4) is 0 Å². The lowest BCUT2D eigenvalue weighted by atomic mass is 10.0. The van der Waals surface area contributed by atoms with Crippen LogP contribution in [0.25, 0.3) is 0 Å². The molecule has 21 heavy (non-hydrogen) atoms. The molecule has 1 unspecified atom stereocenters. The number of amides is 2. The minimum atomic E-state index is 0.192. The molecule has 0 spiro atoms. The third kappa shape index (κ3) is 4.08. The van der Waals surface area contributed by atoms with Crippen LogP contribution >= 0.6 is 0 Å². The molecule has 1 N–H and O–H groups in total. The second-order valence-electron chi connectivity index (χ2n) is 6.22. The first-order valence-corrected chi connectivity index (χ1v) is 8.28. The number of carbonyl (C=O) groups is 1. The van der Waals surface area contributed by atoms with E-state index in [1.807, 2.05) is 9.80 Å². The van der Waals surface area contributed by atoms with Gasteiger partial charge in [-0.05, 0) is 25.7 Å². The monoisotopic (exact) mass is 297 g/mol. The highest BCUT2D eigenvalue weighted by molar-refractivity contribution is 5.74. The van der Waals surface area contributed by atoms with Crippen molar-refractivity contribution >= 4 is 6.03 Å². The van der Waals surface area contributed by atoms with Crippen molar-refractivity contribution in [2.45, 2.75) is 37.8 Å². The summed E-state index contributed by atoms with van der Waals surface area (Å²) in [4.78, 5) is 16.3. The van der Waals surface area contributed by atoms with Gasteiger partial charge in [0.25, 0.3) is 0 Å². The Balaban J connectivity index is 1.40. The Hall–Kier alpha value is -0.850. The molecular weight excluding hydrogens is 270 g/mol. The standard InChI is InChI=1S/C15H27N3O3/c19-15(18-7-10-20-11-8-18)17-5-3-13(4-6-17)16-14-2-1-9-21-12-14/h13-14,16H,1-12H2. The largest absolute Gasteiger partial charge is 0.380 e. The van der Waals surface area contributed by atoms with Gasteiger partial charge in [-0.2, -0.15) is 0 Å². The van der Waals surface area contributed by atoms with E-state index in [1.165, 1.54) is 6.42 Å². The number of rotatable bonds is 2. The molecule has 0 saturated carbocycles. The Morgan fingerprint density at radius 2 is 1.57 bits per heavy atom. The maximum Gasteiger partial charge on any atom is 0.320 e. The summed E-state index contributed by atoms with van der Waals surface area (Å²) in [7, 11) is 0. The first-order valence-electron chi connectivity index (χ1n) is 8.28. The molecule has 6 nitrogen and oxygen atoms in total. The van der Waals surface area contributed by atoms with Crippen molar-refractivity contribution < 1.29 is 14.3 Å². The van der Waals surface area contributed by atoms with Gasteiger partial charge in [-0.25, -0.2) is 4.79 Å². The summed E-state index contributed by atoms with van der Waals surface area (Å²) in [5, 5.41) is 3.70. The number of morpholine rings is 1. The Morgan fingerprint density at radius 1 is 0.857 bits per heavy atom. The van der Waals surface area contributed by atoms with Gasteiger partial charge in [-0.15, -0.1) is 0 Å². The number of piperidine rings is 1. The fraction of sp³-hybridized carbons (Fsp3) is 0.933. The van der Waals surface area contributed by atoms with Crippen LogP contribution in [-0.4, -0.2) is 80.5 Å². The van der Waals surface area contributed by atoms with Gasteiger partial charge in [-0.3, -0.25) is 0 Å². The molecular formula is C15H27N3O3.